The average molecular weight is 593 g/mol. The van der Waals surface area contributed by atoms with Crippen molar-refractivity contribution in [2.45, 2.75) is 127 Å². The van der Waals surface area contributed by atoms with Crippen LogP contribution < -0.4 is 0 Å². The number of aliphatic hydroxyl groups is 7. The van der Waals surface area contributed by atoms with Crippen molar-refractivity contribution in [2.24, 2.45) is 40.4 Å². The van der Waals surface area contributed by atoms with Gasteiger partial charge in [-0.3, -0.25) is 0 Å². The maximum Gasteiger partial charge on any atom is 0.187 e. The van der Waals surface area contributed by atoms with Crippen molar-refractivity contribution in [1.82, 2.24) is 0 Å². The number of hydrogen-bond acceptors (Lipinski definition) is 9. The largest absolute Gasteiger partial charge is 0.396 e. The van der Waals surface area contributed by atoms with Crippen LogP contribution in [0.25, 0.3) is 0 Å². The van der Waals surface area contributed by atoms with Crippen molar-refractivity contribution in [3.05, 3.63) is 23.3 Å². The Labute approximate surface area is 249 Å². The van der Waals surface area contributed by atoms with Crippen molar-refractivity contribution < 1.29 is 45.2 Å². The van der Waals surface area contributed by atoms with E-state index in [-0.39, 0.29) is 53.8 Å². The second-order valence-electron chi connectivity index (χ2n) is 14.9. The highest BCUT2D eigenvalue weighted by Crippen LogP contribution is 2.69. The molecule has 0 unspecified atom stereocenters. The molecular formula is C33H52O9. The van der Waals surface area contributed by atoms with Gasteiger partial charge in [-0.2, -0.15) is 0 Å². The first-order valence-electron chi connectivity index (χ1n) is 16.3. The molecule has 0 bridgehead atoms. The van der Waals surface area contributed by atoms with E-state index in [1.54, 1.807) is 6.92 Å². The van der Waals surface area contributed by atoms with Crippen LogP contribution in [0.3, 0.4) is 0 Å². The first-order valence-corrected chi connectivity index (χ1v) is 16.3. The molecule has 6 rings (SSSR count). The third kappa shape index (κ3) is 4.60. The number of hydrogen-bond donors (Lipinski definition) is 7. The van der Waals surface area contributed by atoms with E-state index in [0.717, 1.165) is 50.5 Å². The molecule has 0 aromatic carbocycles. The first-order chi connectivity index (χ1) is 19.9. The van der Waals surface area contributed by atoms with Gasteiger partial charge in [0.25, 0.3) is 0 Å². The van der Waals surface area contributed by atoms with Crippen molar-refractivity contribution >= 4 is 0 Å². The van der Waals surface area contributed by atoms with Crippen LogP contribution in [0.1, 0.15) is 78.6 Å². The first kappa shape index (κ1) is 31.1. The fraction of sp³-hybridized carbons (Fsp3) is 0.879. The molecule has 4 fully saturated rings. The lowest BCUT2D eigenvalue weighted by atomic mass is 9.45. The van der Waals surface area contributed by atoms with E-state index in [1.807, 2.05) is 6.08 Å². The molecule has 0 aromatic rings. The van der Waals surface area contributed by atoms with Gasteiger partial charge in [-0.15, -0.1) is 0 Å². The molecule has 6 aliphatic rings. The minimum atomic E-state index is -1.32. The SMILES string of the molecule is C[C@@H]1O[C@@H](O[C@@H]2C=C3CC[C@@H]4[C@H](CC[C@]5(C)[C@@H](C6=C[C@@H](CO)[C@H](CO)C[C@H]6O)CC[C@]45O)[C@@]3(C)CC2)[C@H](O)[C@H](O)[C@H]1O. The molecule has 15 atom stereocenters. The normalized spacial score (nSPS) is 54.3. The Balaban J connectivity index is 1.20. The van der Waals surface area contributed by atoms with E-state index in [9.17, 15) is 35.7 Å². The van der Waals surface area contributed by atoms with Crippen LogP contribution in [0.15, 0.2) is 23.3 Å². The number of fused-ring (bicyclic) bond motifs is 5. The molecule has 1 heterocycles. The van der Waals surface area contributed by atoms with Crippen LogP contribution in [-0.4, -0.2) is 97.5 Å². The van der Waals surface area contributed by atoms with Gasteiger partial charge < -0.3 is 45.2 Å². The molecule has 9 nitrogen and oxygen atoms in total. The Morgan fingerprint density at radius 3 is 2.36 bits per heavy atom. The van der Waals surface area contributed by atoms with Crippen LogP contribution in [0.5, 0.6) is 0 Å². The zero-order chi connectivity index (χ0) is 30.2. The van der Waals surface area contributed by atoms with Crippen molar-refractivity contribution in [2.75, 3.05) is 13.2 Å². The summed E-state index contributed by atoms with van der Waals surface area (Å²) in [5, 5.41) is 74.3. The van der Waals surface area contributed by atoms with Gasteiger partial charge in [0, 0.05) is 24.5 Å². The molecule has 3 saturated carbocycles. The summed E-state index contributed by atoms with van der Waals surface area (Å²) in [5.41, 5.74) is 1.04. The molecule has 1 aliphatic heterocycles. The van der Waals surface area contributed by atoms with E-state index >= 15 is 0 Å². The zero-order valence-electron chi connectivity index (χ0n) is 25.3. The molecule has 0 amide bonds. The Kier molecular flexibility index (Phi) is 8.28. The minimum Gasteiger partial charge on any atom is -0.396 e. The molecule has 42 heavy (non-hydrogen) atoms. The highest BCUT2D eigenvalue weighted by atomic mass is 16.7. The standard InChI is InChI=1S/C33H52O9/c1-17-27(37)28(38)29(39)30(41-17)42-21-6-9-31(2)20(14-21)4-5-25-24(31)7-10-32(3)23(8-11-33(25,32)40)22-12-18(15-34)19(16-35)13-26(22)36/h12,14,17-19,21,23-30,34-40H,4-11,13,15-16H2,1-3H3/t17-,18-,19-,21-,23+,24-,25+,26+,27-,28+,29+,30-,31-,32+,33-/m0/s1. The van der Waals surface area contributed by atoms with Crippen molar-refractivity contribution in [1.29, 1.82) is 0 Å². The second kappa shape index (κ2) is 11.2. The molecule has 238 valence electrons. The van der Waals surface area contributed by atoms with Crippen LogP contribution in [0.4, 0.5) is 0 Å². The van der Waals surface area contributed by atoms with Gasteiger partial charge in [-0.05, 0) is 99.4 Å². The van der Waals surface area contributed by atoms with E-state index in [1.165, 1.54) is 5.57 Å². The van der Waals surface area contributed by atoms with Crippen LogP contribution in [0, 0.1) is 40.4 Å². The van der Waals surface area contributed by atoms with Crippen LogP contribution >= 0.6 is 0 Å². The number of allylic oxidation sites excluding steroid dienone is 1. The monoisotopic (exact) mass is 592 g/mol. The Morgan fingerprint density at radius 1 is 0.881 bits per heavy atom. The zero-order valence-corrected chi connectivity index (χ0v) is 25.3. The molecule has 7 N–H and O–H groups in total. The second-order valence-corrected chi connectivity index (χ2v) is 14.9. The lowest BCUT2D eigenvalue weighted by molar-refractivity contribution is -0.301. The Bertz CT molecular complexity index is 1080. The number of rotatable bonds is 5. The van der Waals surface area contributed by atoms with Crippen molar-refractivity contribution in [3.63, 3.8) is 0 Å². The summed E-state index contributed by atoms with van der Waals surface area (Å²) in [5.74, 6) is 0.227. The van der Waals surface area contributed by atoms with Crippen LogP contribution in [-0.2, 0) is 9.47 Å². The third-order valence-corrected chi connectivity index (χ3v) is 13.1. The number of aliphatic hydroxyl groups excluding tert-OH is 6. The molecule has 0 spiro atoms. The van der Waals surface area contributed by atoms with E-state index in [4.69, 9.17) is 9.47 Å². The van der Waals surface area contributed by atoms with Crippen LogP contribution in [0.2, 0.25) is 0 Å². The summed E-state index contributed by atoms with van der Waals surface area (Å²) in [6.45, 7) is 6.12. The van der Waals surface area contributed by atoms with E-state index in [0.29, 0.717) is 18.8 Å². The van der Waals surface area contributed by atoms with E-state index in [2.05, 4.69) is 19.9 Å². The van der Waals surface area contributed by atoms with Crippen molar-refractivity contribution in [3.8, 4) is 0 Å². The fourth-order valence-electron chi connectivity index (χ4n) is 10.5. The lowest BCUT2D eigenvalue weighted by Crippen LogP contribution is -2.61. The lowest BCUT2D eigenvalue weighted by Gasteiger charge is -2.62. The predicted octanol–water partition coefficient (Wildman–Crippen LogP) is 1.80. The summed E-state index contributed by atoms with van der Waals surface area (Å²) in [4.78, 5) is 0. The van der Waals surface area contributed by atoms with Gasteiger partial charge in [0.2, 0.25) is 0 Å². The third-order valence-electron chi connectivity index (χ3n) is 13.1. The average Bonchev–Trinajstić information content (AvgIpc) is 3.25. The Hall–Kier alpha value is -0.880. The molecule has 1 saturated heterocycles. The predicted molar refractivity (Wildman–Crippen MR) is 154 cm³/mol. The fourth-order valence-corrected chi connectivity index (χ4v) is 10.5. The van der Waals surface area contributed by atoms with E-state index < -0.39 is 42.4 Å². The van der Waals surface area contributed by atoms with Gasteiger partial charge >= 0.3 is 0 Å². The smallest absolute Gasteiger partial charge is 0.187 e. The highest BCUT2D eigenvalue weighted by Gasteiger charge is 2.67. The molecule has 9 heteroatoms. The number of ether oxygens (including phenoxy) is 2. The maximum atomic E-state index is 12.6. The van der Waals surface area contributed by atoms with Gasteiger partial charge in [0.1, 0.15) is 18.3 Å². The summed E-state index contributed by atoms with van der Waals surface area (Å²) in [6.07, 6.45) is 5.07. The minimum absolute atomic E-state index is 0.0502. The summed E-state index contributed by atoms with van der Waals surface area (Å²) in [7, 11) is 0. The topological polar surface area (TPSA) is 160 Å². The molecular weight excluding hydrogens is 540 g/mol. The van der Waals surface area contributed by atoms with Gasteiger partial charge in [-0.25, -0.2) is 0 Å². The quantitative estimate of drug-likeness (QED) is 0.236. The molecule has 5 aliphatic carbocycles. The van der Waals surface area contributed by atoms with Gasteiger partial charge in [0.05, 0.1) is 23.9 Å². The van der Waals surface area contributed by atoms with Gasteiger partial charge in [0.15, 0.2) is 6.29 Å². The Morgan fingerprint density at radius 2 is 1.64 bits per heavy atom. The summed E-state index contributed by atoms with van der Waals surface area (Å²) < 4.78 is 11.9. The maximum absolute atomic E-state index is 12.6. The summed E-state index contributed by atoms with van der Waals surface area (Å²) >= 11 is 0. The molecule has 0 aromatic heterocycles. The molecule has 0 radical (unpaired) electrons. The summed E-state index contributed by atoms with van der Waals surface area (Å²) in [6, 6.07) is 0. The highest BCUT2D eigenvalue weighted by molar-refractivity contribution is 5.31. The van der Waals surface area contributed by atoms with Gasteiger partial charge in [-0.1, -0.05) is 31.6 Å².